The van der Waals surface area contributed by atoms with E-state index in [0.29, 0.717) is 5.69 Å². The number of hydrazine groups is 1. The number of nitrogens with one attached hydrogen (secondary N) is 2. The molecule has 0 heterocycles. The normalized spacial score (nSPS) is 12.6. The first-order valence-corrected chi connectivity index (χ1v) is 7.05. The number of benzene rings is 1. The molecule has 0 saturated heterocycles. The van der Waals surface area contributed by atoms with Crippen LogP contribution in [-0.4, -0.2) is 22.5 Å². The number of hydrogen-bond donors (Lipinski definition) is 4. The minimum absolute atomic E-state index is 0.594. The summed E-state index contributed by atoms with van der Waals surface area (Å²) in [4.78, 5) is 22.4. The minimum Gasteiger partial charge on any atom is -0.479 e. The number of anilines is 1. The van der Waals surface area contributed by atoms with Crippen molar-refractivity contribution in [1.29, 1.82) is 0 Å². The summed E-state index contributed by atoms with van der Waals surface area (Å²) in [5, 5.41) is 9.08. The van der Waals surface area contributed by atoms with E-state index in [9.17, 15) is 9.59 Å². The van der Waals surface area contributed by atoms with Crippen molar-refractivity contribution in [2.75, 3.05) is 5.43 Å². The first-order valence-electron chi connectivity index (χ1n) is 7.05. The first-order chi connectivity index (χ1) is 10.4. The lowest BCUT2D eigenvalue weighted by Gasteiger charge is -2.23. The molecule has 0 bridgehead atoms. The van der Waals surface area contributed by atoms with Crippen molar-refractivity contribution < 1.29 is 14.7 Å². The van der Waals surface area contributed by atoms with Crippen molar-refractivity contribution in [1.82, 2.24) is 5.43 Å². The van der Waals surface area contributed by atoms with Crippen LogP contribution >= 0.6 is 0 Å². The van der Waals surface area contributed by atoms with Gasteiger partial charge in [-0.25, -0.2) is 10.2 Å². The van der Waals surface area contributed by atoms with E-state index in [1.165, 1.54) is 6.92 Å². The molecule has 118 valence electrons. The van der Waals surface area contributed by atoms with Crippen LogP contribution in [0, 0.1) is 11.8 Å². The Morgan fingerprint density at radius 2 is 2.14 bits per heavy atom. The molecule has 0 spiro atoms. The lowest BCUT2D eigenvalue weighted by molar-refractivity contribution is -0.148. The summed E-state index contributed by atoms with van der Waals surface area (Å²) in [5.74, 6) is 3.77. The highest BCUT2D eigenvalue weighted by Gasteiger charge is 2.39. The summed E-state index contributed by atoms with van der Waals surface area (Å²) in [6, 6.07) is 7.13. The molecule has 1 unspecified atom stereocenters. The summed E-state index contributed by atoms with van der Waals surface area (Å²) < 4.78 is 0. The number of nitrogens with two attached hydrogens (primary N) is 1. The number of amides is 1. The molecular weight excluding hydrogens is 282 g/mol. The Hall–Kier alpha value is -2.52. The molecule has 1 rings (SSSR count). The Morgan fingerprint density at radius 1 is 1.41 bits per heavy atom. The van der Waals surface area contributed by atoms with Crippen molar-refractivity contribution >= 4 is 17.6 Å². The summed E-state index contributed by atoms with van der Waals surface area (Å²) in [5.41, 5.74) is 9.75. The van der Waals surface area contributed by atoms with E-state index in [0.717, 1.165) is 24.8 Å². The number of rotatable bonds is 7. The van der Waals surface area contributed by atoms with Gasteiger partial charge in [0, 0.05) is 12.0 Å². The van der Waals surface area contributed by atoms with Crippen molar-refractivity contribution in [3.05, 3.63) is 29.8 Å². The van der Waals surface area contributed by atoms with E-state index in [1.807, 2.05) is 6.07 Å². The van der Waals surface area contributed by atoms with Gasteiger partial charge in [-0.1, -0.05) is 31.3 Å². The zero-order valence-electron chi connectivity index (χ0n) is 12.8. The Kier molecular flexibility index (Phi) is 6.42. The van der Waals surface area contributed by atoms with Gasteiger partial charge in [0.25, 0.3) is 5.91 Å². The Balaban J connectivity index is 2.76. The summed E-state index contributed by atoms with van der Waals surface area (Å²) in [6.07, 6.45) is 2.99. The SMILES string of the molecule is CCCCC#Cc1cccc(NNC(C)(C(N)=O)C(=O)O)c1. The number of unbranched alkanes of at least 4 members (excludes halogenated alkanes) is 2. The van der Waals surface area contributed by atoms with E-state index in [-0.39, 0.29) is 0 Å². The van der Waals surface area contributed by atoms with Gasteiger partial charge >= 0.3 is 5.97 Å². The van der Waals surface area contributed by atoms with Gasteiger partial charge in [0.05, 0.1) is 5.69 Å². The van der Waals surface area contributed by atoms with E-state index < -0.39 is 17.4 Å². The summed E-state index contributed by atoms with van der Waals surface area (Å²) >= 11 is 0. The van der Waals surface area contributed by atoms with Crippen LogP contribution in [0.25, 0.3) is 0 Å². The lowest BCUT2D eigenvalue weighted by Crippen LogP contribution is -2.60. The smallest absolute Gasteiger partial charge is 0.335 e. The number of aliphatic carboxylic acids is 1. The second kappa shape index (κ2) is 8.05. The Morgan fingerprint density at radius 3 is 2.73 bits per heavy atom. The molecule has 0 aliphatic rings. The molecule has 0 saturated carbocycles. The van der Waals surface area contributed by atoms with Crippen LogP contribution in [0.3, 0.4) is 0 Å². The number of carboxylic acids is 1. The number of primary amides is 1. The maximum absolute atomic E-state index is 11.3. The predicted octanol–water partition coefficient (Wildman–Crippen LogP) is 1.47. The van der Waals surface area contributed by atoms with Crippen LogP contribution in [0.1, 0.15) is 38.7 Å². The molecule has 22 heavy (non-hydrogen) atoms. The zero-order valence-corrected chi connectivity index (χ0v) is 12.8. The predicted molar refractivity (Wildman–Crippen MR) is 84.8 cm³/mol. The van der Waals surface area contributed by atoms with Crippen molar-refractivity contribution in [3.8, 4) is 11.8 Å². The average molecular weight is 303 g/mol. The van der Waals surface area contributed by atoms with E-state index >= 15 is 0 Å². The number of carbonyl (C=O) groups is 2. The standard InChI is InChI=1S/C16H21N3O3/c1-3-4-5-6-8-12-9-7-10-13(11-12)18-19-16(2,14(17)20)15(21)22/h7,9-11,18-19H,3-5H2,1-2H3,(H2,17,20)(H,21,22). The fraction of sp³-hybridized carbons (Fsp3) is 0.375. The molecule has 0 aliphatic heterocycles. The second-order valence-corrected chi connectivity index (χ2v) is 5.03. The fourth-order valence-corrected chi connectivity index (χ4v) is 1.52. The van der Waals surface area contributed by atoms with E-state index in [4.69, 9.17) is 10.8 Å². The van der Waals surface area contributed by atoms with Gasteiger partial charge in [-0.15, -0.1) is 0 Å². The number of hydrogen-bond acceptors (Lipinski definition) is 4. The highest BCUT2D eigenvalue weighted by Crippen LogP contribution is 2.11. The van der Waals surface area contributed by atoms with Crippen LogP contribution in [0.4, 0.5) is 5.69 Å². The topological polar surface area (TPSA) is 104 Å². The van der Waals surface area contributed by atoms with Crippen molar-refractivity contribution in [3.63, 3.8) is 0 Å². The maximum Gasteiger partial charge on any atom is 0.335 e. The molecular formula is C16H21N3O3. The quantitative estimate of drug-likeness (QED) is 0.264. The van der Waals surface area contributed by atoms with Crippen molar-refractivity contribution in [2.45, 2.75) is 38.6 Å². The largest absolute Gasteiger partial charge is 0.479 e. The van der Waals surface area contributed by atoms with Gasteiger partial charge in [0.2, 0.25) is 5.54 Å². The summed E-state index contributed by atoms with van der Waals surface area (Å²) in [6.45, 7) is 3.30. The molecule has 6 heteroatoms. The van der Waals surface area contributed by atoms with Crippen LogP contribution in [0.2, 0.25) is 0 Å². The molecule has 1 aromatic carbocycles. The van der Waals surface area contributed by atoms with E-state index in [2.05, 4.69) is 29.6 Å². The third kappa shape index (κ3) is 4.79. The molecule has 0 aliphatic carbocycles. The molecule has 5 N–H and O–H groups in total. The Labute approximate surface area is 130 Å². The highest BCUT2D eigenvalue weighted by atomic mass is 16.4. The molecule has 1 aromatic rings. The molecule has 0 radical (unpaired) electrons. The molecule has 0 fully saturated rings. The molecule has 1 amide bonds. The number of carboxylic acid groups (broad SMARTS) is 1. The van der Waals surface area contributed by atoms with Gasteiger partial charge in [0.1, 0.15) is 0 Å². The monoisotopic (exact) mass is 303 g/mol. The van der Waals surface area contributed by atoms with Gasteiger partial charge in [-0.3, -0.25) is 4.79 Å². The van der Waals surface area contributed by atoms with Crippen molar-refractivity contribution in [2.24, 2.45) is 5.73 Å². The lowest BCUT2D eigenvalue weighted by atomic mass is 10.0. The highest BCUT2D eigenvalue weighted by molar-refractivity contribution is 6.05. The average Bonchev–Trinajstić information content (AvgIpc) is 2.49. The van der Waals surface area contributed by atoms with Crippen LogP contribution in [-0.2, 0) is 9.59 Å². The van der Waals surface area contributed by atoms with Gasteiger partial charge in [-0.2, -0.15) is 0 Å². The second-order valence-electron chi connectivity index (χ2n) is 5.03. The van der Waals surface area contributed by atoms with Crippen LogP contribution in [0.5, 0.6) is 0 Å². The zero-order chi connectivity index (χ0) is 16.6. The number of carbonyl (C=O) groups excluding carboxylic acids is 1. The van der Waals surface area contributed by atoms with Gasteiger partial charge in [0.15, 0.2) is 0 Å². The van der Waals surface area contributed by atoms with E-state index in [1.54, 1.807) is 18.2 Å². The minimum atomic E-state index is -1.90. The first kappa shape index (κ1) is 17.5. The van der Waals surface area contributed by atoms with Gasteiger partial charge < -0.3 is 16.3 Å². The summed E-state index contributed by atoms with van der Waals surface area (Å²) in [7, 11) is 0. The maximum atomic E-state index is 11.3. The molecule has 6 nitrogen and oxygen atoms in total. The van der Waals surface area contributed by atoms with Crippen LogP contribution < -0.4 is 16.6 Å². The van der Waals surface area contributed by atoms with Crippen LogP contribution in [0.15, 0.2) is 24.3 Å². The Bertz CT molecular complexity index is 588. The third-order valence-corrected chi connectivity index (χ3v) is 3.13. The molecule has 1 atom stereocenters. The molecule has 0 aromatic heterocycles. The fourth-order valence-electron chi connectivity index (χ4n) is 1.52. The van der Waals surface area contributed by atoms with Gasteiger partial charge in [-0.05, 0) is 31.5 Å². The third-order valence-electron chi connectivity index (χ3n) is 3.13.